The van der Waals surface area contributed by atoms with E-state index in [9.17, 15) is 0 Å². The first-order valence-corrected chi connectivity index (χ1v) is 21.1. The molecule has 0 bridgehead atoms. The molecular formula is C59H40. The van der Waals surface area contributed by atoms with Gasteiger partial charge in [-0.2, -0.15) is 0 Å². The molecule has 0 nitrogen and oxygen atoms in total. The highest BCUT2D eigenvalue weighted by molar-refractivity contribution is 6.25. The van der Waals surface area contributed by atoms with Gasteiger partial charge in [0, 0.05) is 5.41 Å². The lowest BCUT2D eigenvalue weighted by atomic mass is 9.78. The van der Waals surface area contributed by atoms with Crippen LogP contribution in [-0.4, -0.2) is 0 Å². The molecule has 59 heavy (non-hydrogen) atoms. The van der Waals surface area contributed by atoms with Crippen LogP contribution in [0.3, 0.4) is 0 Å². The van der Waals surface area contributed by atoms with Crippen LogP contribution in [0.25, 0.3) is 110 Å². The Bertz CT molecular complexity index is 3500. The first-order valence-electron chi connectivity index (χ1n) is 21.1. The highest BCUT2D eigenvalue weighted by Gasteiger charge is 2.36. The van der Waals surface area contributed by atoms with E-state index >= 15 is 0 Å². The van der Waals surface area contributed by atoms with E-state index in [4.69, 9.17) is 0 Å². The topological polar surface area (TPSA) is 0 Å². The lowest BCUT2D eigenvalue weighted by molar-refractivity contribution is 0.661. The van der Waals surface area contributed by atoms with E-state index in [0.717, 1.165) is 12.8 Å². The Morgan fingerprint density at radius 1 is 0.407 bits per heavy atom. The maximum Gasteiger partial charge on any atom is 0.0159 e. The van der Waals surface area contributed by atoms with Crippen LogP contribution >= 0.6 is 0 Å². The van der Waals surface area contributed by atoms with Crippen molar-refractivity contribution in [2.45, 2.75) is 32.1 Å². The van der Waals surface area contributed by atoms with Gasteiger partial charge in [0.1, 0.15) is 0 Å². The van der Waals surface area contributed by atoms with Gasteiger partial charge in [0.2, 0.25) is 0 Å². The fraction of sp³-hybridized carbons (Fsp3) is 0.0847. The number of rotatable bonds is 4. The number of benzene rings is 10. The Morgan fingerprint density at radius 2 is 0.932 bits per heavy atom. The van der Waals surface area contributed by atoms with Crippen LogP contribution in [0, 0.1) is 0 Å². The maximum atomic E-state index is 2.49. The third kappa shape index (κ3) is 4.72. The molecule has 13 rings (SSSR count). The van der Waals surface area contributed by atoms with Gasteiger partial charge in [0.25, 0.3) is 0 Å². The number of fused-ring (bicyclic) bond motifs is 3. The van der Waals surface area contributed by atoms with Gasteiger partial charge < -0.3 is 0 Å². The van der Waals surface area contributed by atoms with Crippen molar-refractivity contribution in [3.63, 3.8) is 0 Å². The van der Waals surface area contributed by atoms with Crippen LogP contribution in [0.4, 0.5) is 0 Å². The van der Waals surface area contributed by atoms with Gasteiger partial charge in [-0.05, 0) is 169 Å². The molecule has 0 aliphatic heterocycles. The molecular weight excluding hydrogens is 709 g/mol. The molecule has 0 saturated carbocycles. The van der Waals surface area contributed by atoms with E-state index in [0.29, 0.717) is 0 Å². The minimum atomic E-state index is -0.135. The van der Waals surface area contributed by atoms with Gasteiger partial charge in [0.15, 0.2) is 0 Å². The molecule has 3 aliphatic rings. The predicted octanol–water partition coefficient (Wildman–Crippen LogP) is 16.1. The van der Waals surface area contributed by atoms with Gasteiger partial charge in [0.05, 0.1) is 0 Å². The molecule has 0 fully saturated rings. The molecule has 0 atom stereocenters. The molecule has 0 amide bonds. The lowest BCUT2D eigenvalue weighted by Gasteiger charge is -2.25. The average Bonchev–Trinajstić information content (AvgIpc) is 3.52. The standard InChI is InChI=1S/C59H40/c1-59(2)53-33-44(23-27-49(53)50-28-24-46(34-54(50)59)48-26-20-40-18-16-36-8-4-10-38-22-30-52(48)58(40)56(36)38)42-12-5-11-41(31-42)43-13-6-14-45(32-43)47-25-19-39-17-15-35-7-3-9-37-21-29-51(47)57(39)55(35)37/h3-7,9-17,19-34H,8,18H2,1-2H3. The van der Waals surface area contributed by atoms with Crippen molar-refractivity contribution in [1.29, 1.82) is 0 Å². The summed E-state index contributed by atoms with van der Waals surface area (Å²) in [5, 5.41) is 10.8. The maximum absolute atomic E-state index is 2.49. The van der Waals surface area contributed by atoms with Gasteiger partial charge in [-0.25, -0.2) is 0 Å². The van der Waals surface area contributed by atoms with Crippen LogP contribution in [0.5, 0.6) is 0 Å². The summed E-state index contributed by atoms with van der Waals surface area (Å²) in [6, 6.07) is 62.3. The fourth-order valence-corrected chi connectivity index (χ4v) is 11.1. The van der Waals surface area contributed by atoms with Crippen molar-refractivity contribution in [3.05, 3.63) is 204 Å². The zero-order chi connectivity index (χ0) is 39.0. The summed E-state index contributed by atoms with van der Waals surface area (Å²) in [5.41, 5.74) is 21.2. The number of allylic oxidation sites excluding steroid dienone is 3. The molecule has 0 unspecified atom stereocenters. The van der Waals surface area contributed by atoms with Crippen LogP contribution in [-0.2, 0) is 11.8 Å². The number of hydrogen-bond acceptors (Lipinski definition) is 0. The Labute approximate surface area is 344 Å². The first kappa shape index (κ1) is 33.0. The second-order valence-corrected chi connectivity index (χ2v) is 17.5. The quantitative estimate of drug-likeness (QED) is 0.157. The van der Waals surface area contributed by atoms with E-state index in [1.54, 1.807) is 0 Å². The van der Waals surface area contributed by atoms with E-state index in [1.807, 2.05) is 0 Å². The predicted molar refractivity (Wildman–Crippen MR) is 252 cm³/mol. The largest absolute Gasteiger partial charge is 0.0795 e. The summed E-state index contributed by atoms with van der Waals surface area (Å²) < 4.78 is 0. The normalized spacial score (nSPS) is 14.6. The zero-order valence-corrected chi connectivity index (χ0v) is 33.2. The summed E-state index contributed by atoms with van der Waals surface area (Å²) in [6.07, 6.45) is 9.11. The van der Waals surface area contributed by atoms with E-state index in [-0.39, 0.29) is 5.41 Å². The van der Waals surface area contributed by atoms with Crippen molar-refractivity contribution < 1.29 is 0 Å². The van der Waals surface area contributed by atoms with E-state index < -0.39 is 0 Å². The molecule has 0 N–H and O–H groups in total. The van der Waals surface area contributed by atoms with Crippen LogP contribution in [0.15, 0.2) is 176 Å². The summed E-state index contributed by atoms with van der Waals surface area (Å²) in [5.74, 6) is 0. The monoisotopic (exact) mass is 748 g/mol. The molecule has 0 heteroatoms. The van der Waals surface area contributed by atoms with Crippen LogP contribution in [0.1, 0.15) is 48.1 Å². The minimum absolute atomic E-state index is 0.135. The molecule has 0 spiro atoms. The average molecular weight is 749 g/mol. The first-order chi connectivity index (χ1) is 29.0. The Kier molecular flexibility index (Phi) is 6.72. The SMILES string of the molecule is CC1(C)c2cc(-c3cccc(-c4cccc(-c5ccc6ccc7cccc8ccc5c6c78)c4)c3)ccc2-c2ccc(-c3ccc4c5c6c(ccc35)C=CCC6=CC4)cc21. The molecule has 0 aromatic heterocycles. The van der Waals surface area contributed by atoms with Crippen LogP contribution < -0.4 is 0 Å². The Balaban J connectivity index is 0.857. The molecule has 10 aromatic rings. The van der Waals surface area contributed by atoms with Crippen molar-refractivity contribution in [2.24, 2.45) is 0 Å². The van der Waals surface area contributed by atoms with Gasteiger partial charge >= 0.3 is 0 Å². The van der Waals surface area contributed by atoms with Crippen molar-refractivity contribution in [2.75, 3.05) is 0 Å². The third-order valence-corrected chi connectivity index (χ3v) is 14.0. The molecule has 0 saturated heterocycles. The highest BCUT2D eigenvalue weighted by Crippen LogP contribution is 2.52. The lowest BCUT2D eigenvalue weighted by Crippen LogP contribution is -2.15. The smallest absolute Gasteiger partial charge is 0.0159 e. The molecule has 0 radical (unpaired) electrons. The van der Waals surface area contributed by atoms with E-state index in [1.165, 1.54) is 132 Å². The van der Waals surface area contributed by atoms with Gasteiger partial charge in [-0.3, -0.25) is 0 Å². The molecule has 3 aliphatic carbocycles. The summed E-state index contributed by atoms with van der Waals surface area (Å²) >= 11 is 0. The third-order valence-electron chi connectivity index (χ3n) is 14.0. The van der Waals surface area contributed by atoms with Gasteiger partial charge in [-0.15, -0.1) is 0 Å². The molecule has 0 heterocycles. The van der Waals surface area contributed by atoms with Crippen molar-refractivity contribution >= 4 is 54.7 Å². The van der Waals surface area contributed by atoms with Crippen LogP contribution in [0.2, 0.25) is 0 Å². The minimum Gasteiger partial charge on any atom is -0.0795 e. The fourth-order valence-electron chi connectivity index (χ4n) is 11.1. The second-order valence-electron chi connectivity index (χ2n) is 17.5. The zero-order valence-electron chi connectivity index (χ0n) is 33.2. The second kappa shape index (κ2) is 12.0. The van der Waals surface area contributed by atoms with Gasteiger partial charge in [-0.1, -0.05) is 172 Å². The van der Waals surface area contributed by atoms with Crippen molar-refractivity contribution in [3.8, 4) is 55.6 Å². The van der Waals surface area contributed by atoms with E-state index in [2.05, 4.69) is 196 Å². The molecule has 10 aromatic carbocycles. The van der Waals surface area contributed by atoms with Crippen molar-refractivity contribution in [1.82, 2.24) is 0 Å². The molecule has 276 valence electrons. The summed E-state index contributed by atoms with van der Waals surface area (Å²) in [4.78, 5) is 0. The Hall–Kier alpha value is -7.02. The number of hydrogen-bond donors (Lipinski definition) is 0. The Morgan fingerprint density at radius 3 is 1.69 bits per heavy atom. The summed E-state index contributed by atoms with van der Waals surface area (Å²) in [7, 11) is 0. The summed E-state index contributed by atoms with van der Waals surface area (Å²) in [6.45, 7) is 4.82. The highest BCUT2D eigenvalue weighted by atomic mass is 14.4.